The summed E-state index contributed by atoms with van der Waals surface area (Å²) in [5.41, 5.74) is 6.27. The fourth-order valence-electron chi connectivity index (χ4n) is 4.24. The first-order valence-corrected chi connectivity index (χ1v) is 8.78. The molecule has 1 atom stereocenters. The molecule has 8 heteroatoms. The van der Waals surface area contributed by atoms with Gasteiger partial charge in [0.25, 0.3) is 0 Å². The third-order valence-corrected chi connectivity index (χ3v) is 5.54. The summed E-state index contributed by atoms with van der Waals surface area (Å²) in [6.45, 7) is 0.410. The first-order chi connectivity index (χ1) is 13.4. The van der Waals surface area contributed by atoms with Gasteiger partial charge in [0, 0.05) is 35.9 Å². The molecule has 1 aromatic heterocycles. The number of halogens is 2. The lowest BCUT2D eigenvalue weighted by molar-refractivity contribution is 0.330. The molecule has 3 aromatic rings. The number of nitrogens with zero attached hydrogens (tertiary/aromatic N) is 3. The van der Waals surface area contributed by atoms with Gasteiger partial charge in [0.05, 0.1) is 22.9 Å². The van der Waals surface area contributed by atoms with E-state index in [1.807, 2.05) is 0 Å². The van der Waals surface area contributed by atoms with Gasteiger partial charge in [-0.1, -0.05) is 6.07 Å². The molecule has 0 saturated carbocycles. The van der Waals surface area contributed by atoms with Crippen LogP contribution in [0.2, 0.25) is 0 Å². The first kappa shape index (κ1) is 16.6. The summed E-state index contributed by atoms with van der Waals surface area (Å²) in [5, 5.41) is 24.1. The van der Waals surface area contributed by atoms with E-state index in [-0.39, 0.29) is 23.0 Å². The monoisotopic (exact) mass is 379 g/mol. The Balaban J connectivity index is 1.65. The molecule has 0 amide bonds. The van der Waals surface area contributed by atoms with Crippen LogP contribution in [0.15, 0.2) is 35.3 Å². The number of aromatic hydroxyl groups is 1. The molecule has 140 valence electrons. The molecule has 0 radical (unpaired) electrons. The maximum absolute atomic E-state index is 14.4. The average molecular weight is 379 g/mol. The van der Waals surface area contributed by atoms with Crippen LogP contribution in [0.25, 0.3) is 10.8 Å². The molecule has 0 saturated heterocycles. The van der Waals surface area contributed by atoms with Crippen LogP contribution >= 0.6 is 0 Å². The molecule has 1 spiro atoms. The number of nitrogens with one attached hydrogen (secondary N) is 1. The van der Waals surface area contributed by atoms with Crippen LogP contribution in [0.4, 0.5) is 14.5 Å². The maximum Gasteiger partial charge on any atom is 0.199 e. The quantitative estimate of drug-likeness (QED) is 0.559. The molecule has 0 bridgehead atoms. The van der Waals surface area contributed by atoms with Gasteiger partial charge in [0.1, 0.15) is 23.1 Å². The van der Waals surface area contributed by atoms with Crippen molar-refractivity contribution in [2.24, 2.45) is 10.7 Å². The van der Waals surface area contributed by atoms with Gasteiger partial charge in [-0.2, -0.15) is 5.26 Å². The van der Waals surface area contributed by atoms with Gasteiger partial charge < -0.3 is 20.7 Å². The molecular formula is C20H15F2N5O. The largest absolute Gasteiger partial charge is 0.494 e. The van der Waals surface area contributed by atoms with Crippen molar-refractivity contribution in [2.75, 3.05) is 5.32 Å². The minimum absolute atomic E-state index is 0.00722. The molecule has 3 heterocycles. The zero-order chi connectivity index (χ0) is 19.6. The fraction of sp³-hybridized carbons (Fsp3) is 0.200. The van der Waals surface area contributed by atoms with E-state index in [2.05, 4.69) is 16.4 Å². The molecule has 0 aliphatic carbocycles. The summed E-state index contributed by atoms with van der Waals surface area (Å²) in [6.07, 6.45) is 0.752. The Kier molecular flexibility index (Phi) is 3.23. The Labute approximate surface area is 158 Å². The van der Waals surface area contributed by atoms with Crippen LogP contribution in [-0.2, 0) is 13.0 Å². The standard InChI is InChI=1S/C20H15F2N5O/c21-13-3-4-14(22)17-16(13)18(24)26-20(25-17)5-6-27-15(8-20)11-2-1-10(9-23)7-12(11)19(27)28/h1-4,7,25,28H,5-6,8H2,(H2,24,26). The van der Waals surface area contributed by atoms with Crippen LogP contribution in [-0.4, -0.2) is 21.2 Å². The lowest BCUT2D eigenvalue weighted by atomic mass is 9.91. The highest BCUT2D eigenvalue weighted by molar-refractivity contribution is 6.04. The molecule has 2 aliphatic heterocycles. The van der Waals surface area contributed by atoms with E-state index in [1.165, 1.54) is 0 Å². The van der Waals surface area contributed by atoms with Crippen molar-refractivity contribution in [2.45, 2.75) is 25.0 Å². The van der Waals surface area contributed by atoms with Gasteiger partial charge >= 0.3 is 0 Å². The highest BCUT2D eigenvalue weighted by atomic mass is 19.1. The molecule has 6 nitrogen and oxygen atoms in total. The Morgan fingerprint density at radius 2 is 2.00 bits per heavy atom. The molecular weight excluding hydrogens is 364 g/mol. The zero-order valence-electron chi connectivity index (χ0n) is 14.6. The predicted octanol–water partition coefficient (Wildman–Crippen LogP) is 2.97. The Hall–Kier alpha value is -3.60. The SMILES string of the molecule is N#Cc1ccc2c3n(c(O)c2c1)CCC1(C3)N=C(N)c2c(F)ccc(F)c2N1. The van der Waals surface area contributed by atoms with E-state index in [1.54, 1.807) is 22.8 Å². The highest BCUT2D eigenvalue weighted by Gasteiger charge is 2.41. The van der Waals surface area contributed by atoms with Gasteiger partial charge in [-0.15, -0.1) is 0 Å². The number of anilines is 1. The number of aromatic nitrogens is 1. The molecule has 1 unspecified atom stereocenters. The number of fused-ring (bicyclic) bond motifs is 4. The summed E-state index contributed by atoms with van der Waals surface area (Å²) in [7, 11) is 0. The van der Waals surface area contributed by atoms with Crippen LogP contribution in [0.3, 0.4) is 0 Å². The number of hydrogen-bond donors (Lipinski definition) is 3. The summed E-state index contributed by atoms with van der Waals surface area (Å²) in [6, 6.07) is 9.25. The van der Waals surface area contributed by atoms with Crippen LogP contribution < -0.4 is 11.1 Å². The van der Waals surface area contributed by atoms with Crippen molar-refractivity contribution in [3.63, 3.8) is 0 Å². The number of nitriles is 1. The number of aliphatic imine (C=N–C) groups is 1. The summed E-state index contributed by atoms with van der Waals surface area (Å²) in [4.78, 5) is 4.49. The maximum atomic E-state index is 14.4. The predicted molar refractivity (Wildman–Crippen MR) is 100 cm³/mol. The third-order valence-electron chi connectivity index (χ3n) is 5.54. The minimum atomic E-state index is -0.937. The Bertz CT molecular complexity index is 1240. The number of benzene rings is 2. The molecule has 28 heavy (non-hydrogen) atoms. The first-order valence-electron chi connectivity index (χ1n) is 8.78. The Morgan fingerprint density at radius 1 is 1.21 bits per heavy atom. The van der Waals surface area contributed by atoms with Crippen molar-refractivity contribution in [1.29, 1.82) is 5.26 Å². The minimum Gasteiger partial charge on any atom is -0.494 e. The second kappa shape index (κ2) is 5.45. The van der Waals surface area contributed by atoms with Crippen LogP contribution in [0.1, 0.15) is 23.2 Å². The van der Waals surface area contributed by atoms with E-state index in [0.29, 0.717) is 30.3 Å². The lowest BCUT2D eigenvalue weighted by Gasteiger charge is -2.40. The van der Waals surface area contributed by atoms with Crippen molar-refractivity contribution < 1.29 is 13.9 Å². The molecule has 2 aliphatic rings. The molecule has 2 aromatic carbocycles. The normalized spacial score (nSPS) is 20.2. The second-order valence-corrected chi connectivity index (χ2v) is 7.15. The van der Waals surface area contributed by atoms with E-state index < -0.39 is 17.3 Å². The fourth-order valence-corrected chi connectivity index (χ4v) is 4.24. The topological polar surface area (TPSA) is 99.4 Å². The van der Waals surface area contributed by atoms with Crippen molar-refractivity contribution in [3.8, 4) is 11.9 Å². The smallest absolute Gasteiger partial charge is 0.199 e. The van der Waals surface area contributed by atoms with Gasteiger partial charge in [-0.3, -0.25) is 0 Å². The zero-order valence-corrected chi connectivity index (χ0v) is 14.6. The van der Waals surface area contributed by atoms with E-state index >= 15 is 0 Å². The van der Waals surface area contributed by atoms with E-state index in [0.717, 1.165) is 23.2 Å². The molecule has 5 rings (SSSR count). The number of rotatable bonds is 0. The van der Waals surface area contributed by atoms with Crippen molar-refractivity contribution in [3.05, 3.63) is 58.8 Å². The van der Waals surface area contributed by atoms with Gasteiger partial charge in [0.15, 0.2) is 5.88 Å². The number of hydrogen-bond acceptors (Lipinski definition) is 5. The van der Waals surface area contributed by atoms with E-state index in [4.69, 9.17) is 11.0 Å². The lowest BCUT2D eigenvalue weighted by Crippen LogP contribution is -2.48. The summed E-state index contributed by atoms with van der Waals surface area (Å²) in [5.74, 6) is -1.19. The summed E-state index contributed by atoms with van der Waals surface area (Å²) >= 11 is 0. The third kappa shape index (κ3) is 2.13. The van der Waals surface area contributed by atoms with E-state index in [9.17, 15) is 13.9 Å². The van der Waals surface area contributed by atoms with Crippen molar-refractivity contribution in [1.82, 2.24) is 4.57 Å². The van der Waals surface area contributed by atoms with Gasteiger partial charge in [-0.25, -0.2) is 13.8 Å². The number of amidine groups is 1. The van der Waals surface area contributed by atoms with Gasteiger partial charge in [-0.05, 0) is 24.3 Å². The number of nitrogens with two attached hydrogens (primary N) is 1. The molecule has 0 fully saturated rings. The van der Waals surface area contributed by atoms with Crippen molar-refractivity contribution >= 4 is 22.3 Å². The van der Waals surface area contributed by atoms with Gasteiger partial charge in [0.2, 0.25) is 0 Å². The van der Waals surface area contributed by atoms with Crippen LogP contribution in [0, 0.1) is 23.0 Å². The highest BCUT2D eigenvalue weighted by Crippen LogP contribution is 2.42. The average Bonchev–Trinajstić information content (AvgIpc) is 2.95. The van der Waals surface area contributed by atoms with Crippen LogP contribution in [0.5, 0.6) is 5.88 Å². The summed E-state index contributed by atoms with van der Waals surface area (Å²) < 4.78 is 30.3. The second-order valence-electron chi connectivity index (χ2n) is 7.15. The molecule has 4 N–H and O–H groups in total. The Morgan fingerprint density at radius 3 is 2.79 bits per heavy atom.